The Morgan fingerprint density at radius 1 is 1.33 bits per heavy atom. The summed E-state index contributed by atoms with van der Waals surface area (Å²) in [5.74, 6) is 0.559. The molecule has 0 spiro atoms. The van der Waals surface area contributed by atoms with E-state index in [0.29, 0.717) is 17.5 Å². The Hall–Kier alpha value is -1.91. The molecule has 0 aliphatic heterocycles. The molecule has 0 bridgehead atoms. The van der Waals surface area contributed by atoms with Gasteiger partial charge in [-0.15, -0.1) is 0 Å². The number of H-pyrrole nitrogens is 1. The van der Waals surface area contributed by atoms with E-state index in [9.17, 15) is 4.79 Å². The van der Waals surface area contributed by atoms with Crippen LogP contribution in [0.2, 0.25) is 0 Å². The summed E-state index contributed by atoms with van der Waals surface area (Å²) in [6.45, 7) is 2.19. The van der Waals surface area contributed by atoms with Gasteiger partial charge in [-0.3, -0.25) is 4.79 Å². The van der Waals surface area contributed by atoms with Gasteiger partial charge in [-0.25, -0.2) is 0 Å². The minimum atomic E-state index is -0.0151. The van der Waals surface area contributed by atoms with Crippen LogP contribution in [0.5, 0.6) is 0 Å². The first-order chi connectivity index (χ1) is 8.74. The molecule has 3 rings (SSSR count). The lowest BCUT2D eigenvalue weighted by Gasteiger charge is -2.17. The van der Waals surface area contributed by atoms with Gasteiger partial charge in [0.25, 0.3) is 5.91 Å². The van der Waals surface area contributed by atoms with Crippen molar-refractivity contribution in [3.05, 3.63) is 23.8 Å². The lowest BCUT2D eigenvalue weighted by atomic mass is 10.1. The molecule has 0 saturated heterocycles. The molecule has 1 aromatic heterocycles. The van der Waals surface area contributed by atoms with Crippen LogP contribution in [0.15, 0.2) is 18.2 Å². The molecular weight excluding hydrogens is 228 g/mol. The van der Waals surface area contributed by atoms with Crippen LogP contribution in [0.3, 0.4) is 0 Å². The number of amides is 1. The van der Waals surface area contributed by atoms with E-state index in [1.165, 1.54) is 12.8 Å². The van der Waals surface area contributed by atoms with Crippen LogP contribution in [0.1, 0.15) is 36.5 Å². The molecule has 2 aromatic rings. The monoisotopic (exact) mass is 244 g/mol. The summed E-state index contributed by atoms with van der Waals surface area (Å²) in [7, 11) is 0. The number of benzene rings is 1. The van der Waals surface area contributed by atoms with Crippen LogP contribution in [-0.2, 0) is 0 Å². The zero-order chi connectivity index (χ0) is 12.5. The third-order valence-electron chi connectivity index (χ3n) is 3.76. The first-order valence-corrected chi connectivity index (χ1v) is 6.35. The fraction of sp³-hybridized carbons (Fsp3) is 0.462. The molecule has 5 heteroatoms. The number of nitrogens with one attached hydrogen (secondary N) is 2. The van der Waals surface area contributed by atoms with Gasteiger partial charge in [0.2, 0.25) is 0 Å². The van der Waals surface area contributed by atoms with Gasteiger partial charge in [0.15, 0.2) is 0 Å². The molecule has 2 atom stereocenters. The summed E-state index contributed by atoms with van der Waals surface area (Å²) >= 11 is 0. The molecule has 0 unspecified atom stereocenters. The first kappa shape index (κ1) is 11.2. The summed E-state index contributed by atoms with van der Waals surface area (Å²) in [6, 6.07) is 5.69. The topological polar surface area (TPSA) is 70.7 Å². The zero-order valence-corrected chi connectivity index (χ0v) is 10.3. The Morgan fingerprint density at radius 3 is 2.94 bits per heavy atom. The van der Waals surface area contributed by atoms with E-state index in [2.05, 4.69) is 27.7 Å². The van der Waals surface area contributed by atoms with Gasteiger partial charge in [-0.2, -0.15) is 15.4 Å². The van der Waals surface area contributed by atoms with E-state index in [-0.39, 0.29) is 5.91 Å². The van der Waals surface area contributed by atoms with E-state index in [1.54, 1.807) is 12.1 Å². The number of nitrogens with zero attached hydrogens (tertiary/aromatic N) is 2. The highest BCUT2D eigenvalue weighted by molar-refractivity contribution is 5.97. The number of aromatic nitrogens is 3. The average Bonchev–Trinajstić information content (AvgIpc) is 2.98. The smallest absolute Gasteiger partial charge is 0.251 e. The van der Waals surface area contributed by atoms with Gasteiger partial charge < -0.3 is 5.32 Å². The largest absolute Gasteiger partial charge is 0.349 e. The second-order valence-electron chi connectivity index (χ2n) is 5.02. The number of hydrogen-bond donors (Lipinski definition) is 2. The molecule has 1 aliphatic carbocycles. The molecule has 0 radical (unpaired) electrons. The molecular formula is C13H16N4O. The van der Waals surface area contributed by atoms with E-state index in [1.807, 2.05) is 6.07 Å². The van der Waals surface area contributed by atoms with E-state index in [4.69, 9.17) is 0 Å². The van der Waals surface area contributed by atoms with Crippen molar-refractivity contribution < 1.29 is 4.79 Å². The van der Waals surface area contributed by atoms with Gasteiger partial charge in [-0.1, -0.05) is 13.3 Å². The van der Waals surface area contributed by atoms with E-state index in [0.717, 1.165) is 17.5 Å². The van der Waals surface area contributed by atoms with Crippen molar-refractivity contribution in [1.29, 1.82) is 0 Å². The maximum Gasteiger partial charge on any atom is 0.251 e. The molecule has 1 aliphatic rings. The van der Waals surface area contributed by atoms with Crippen molar-refractivity contribution in [3.63, 3.8) is 0 Å². The molecule has 2 N–H and O–H groups in total. The molecule has 1 fully saturated rings. The Kier molecular flexibility index (Phi) is 2.74. The number of aromatic amines is 1. The number of carbonyl (C=O) groups is 1. The number of rotatable bonds is 2. The van der Waals surface area contributed by atoms with Gasteiger partial charge in [0.1, 0.15) is 11.0 Å². The van der Waals surface area contributed by atoms with Crippen molar-refractivity contribution in [2.24, 2.45) is 5.92 Å². The predicted molar refractivity (Wildman–Crippen MR) is 68.2 cm³/mol. The van der Waals surface area contributed by atoms with Crippen LogP contribution >= 0.6 is 0 Å². The Morgan fingerprint density at radius 2 is 2.17 bits per heavy atom. The molecule has 1 saturated carbocycles. The minimum Gasteiger partial charge on any atom is -0.349 e. The first-order valence-electron chi connectivity index (χ1n) is 6.35. The summed E-state index contributed by atoms with van der Waals surface area (Å²) in [5, 5.41) is 13.6. The third kappa shape index (κ3) is 1.96. The van der Waals surface area contributed by atoms with Gasteiger partial charge >= 0.3 is 0 Å². The average molecular weight is 244 g/mol. The third-order valence-corrected chi connectivity index (χ3v) is 3.76. The highest BCUT2D eigenvalue weighted by Gasteiger charge is 2.25. The molecule has 1 heterocycles. The second kappa shape index (κ2) is 4.40. The SMILES string of the molecule is C[C@H]1CCC[C@H]1NC(=O)c1ccc2n[nH]nc2c1. The maximum atomic E-state index is 12.1. The van der Waals surface area contributed by atoms with Crippen LogP contribution in [0.25, 0.3) is 11.0 Å². The summed E-state index contributed by atoms with van der Waals surface area (Å²) in [6.07, 6.45) is 3.49. The lowest BCUT2D eigenvalue weighted by molar-refractivity contribution is 0.0930. The molecule has 1 amide bonds. The Labute approximate surface area is 105 Å². The minimum absolute atomic E-state index is 0.0151. The summed E-state index contributed by atoms with van der Waals surface area (Å²) < 4.78 is 0. The number of carbonyl (C=O) groups excluding carboxylic acids is 1. The fourth-order valence-electron chi connectivity index (χ4n) is 2.59. The predicted octanol–water partition coefficient (Wildman–Crippen LogP) is 1.88. The number of hydrogen-bond acceptors (Lipinski definition) is 3. The van der Waals surface area contributed by atoms with Crippen molar-refractivity contribution in [2.45, 2.75) is 32.2 Å². The highest BCUT2D eigenvalue weighted by Crippen LogP contribution is 2.25. The Bertz CT molecular complexity index is 577. The van der Waals surface area contributed by atoms with E-state index < -0.39 is 0 Å². The van der Waals surface area contributed by atoms with Crippen LogP contribution in [0.4, 0.5) is 0 Å². The van der Waals surface area contributed by atoms with Crippen LogP contribution < -0.4 is 5.32 Å². The van der Waals surface area contributed by atoms with Crippen molar-refractivity contribution in [1.82, 2.24) is 20.7 Å². The van der Waals surface area contributed by atoms with Gasteiger partial charge in [0.05, 0.1) is 0 Å². The zero-order valence-electron chi connectivity index (χ0n) is 10.3. The number of fused-ring (bicyclic) bond motifs is 1. The fourth-order valence-corrected chi connectivity index (χ4v) is 2.59. The Balaban J connectivity index is 1.78. The van der Waals surface area contributed by atoms with Gasteiger partial charge in [-0.05, 0) is 37.0 Å². The summed E-state index contributed by atoms with van der Waals surface area (Å²) in [5.41, 5.74) is 2.15. The second-order valence-corrected chi connectivity index (χ2v) is 5.02. The maximum absolute atomic E-state index is 12.1. The standard InChI is InChI=1S/C13H16N4O/c1-8-3-2-4-10(8)14-13(18)9-5-6-11-12(7-9)16-17-15-11/h5-8,10H,2-4H2,1H3,(H,14,18)(H,15,16,17)/t8-,10+/m0/s1. The van der Waals surface area contributed by atoms with Crippen LogP contribution in [-0.4, -0.2) is 27.4 Å². The normalized spacial score (nSPS) is 23.4. The molecule has 18 heavy (non-hydrogen) atoms. The van der Waals surface area contributed by atoms with E-state index >= 15 is 0 Å². The van der Waals surface area contributed by atoms with Crippen molar-refractivity contribution >= 4 is 16.9 Å². The van der Waals surface area contributed by atoms with Crippen molar-refractivity contribution in [2.75, 3.05) is 0 Å². The summed E-state index contributed by atoms with van der Waals surface area (Å²) in [4.78, 5) is 12.1. The molecule has 5 nitrogen and oxygen atoms in total. The molecule has 1 aromatic carbocycles. The quantitative estimate of drug-likeness (QED) is 0.847. The lowest BCUT2D eigenvalue weighted by Crippen LogP contribution is -2.36. The van der Waals surface area contributed by atoms with Gasteiger partial charge in [0, 0.05) is 11.6 Å². The van der Waals surface area contributed by atoms with Crippen molar-refractivity contribution in [3.8, 4) is 0 Å². The highest BCUT2D eigenvalue weighted by atomic mass is 16.1. The molecule has 94 valence electrons. The van der Waals surface area contributed by atoms with Crippen LogP contribution in [0, 0.1) is 5.92 Å².